The van der Waals surface area contributed by atoms with Gasteiger partial charge in [0.2, 0.25) is 5.91 Å². The van der Waals surface area contributed by atoms with E-state index in [2.05, 4.69) is 15.6 Å². The van der Waals surface area contributed by atoms with Crippen molar-refractivity contribution in [1.82, 2.24) is 20.2 Å². The number of amides is 2. The van der Waals surface area contributed by atoms with Crippen LogP contribution in [0.2, 0.25) is 0 Å². The number of hydrogen-bond donors (Lipinski definition) is 2. The quantitative estimate of drug-likeness (QED) is 0.645. The van der Waals surface area contributed by atoms with Crippen LogP contribution in [0.4, 0.5) is 0 Å². The molecular formula is C21H24N4O2. The third-order valence-corrected chi connectivity index (χ3v) is 4.28. The molecular weight excluding hydrogens is 340 g/mol. The van der Waals surface area contributed by atoms with Crippen LogP contribution in [0.15, 0.2) is 54.6 Å². The van der Waals surface area contributed by atoms with Crippen molar-refractivity contribution in [3.05, 3.63) is 66.0 Å². The van der Waals surface area contributed by atoms with Gasteiger partial charge in [-0.05, 0) is 30.7 Å². The summed E-state index contributed by atoms with van der Waals surface area (Å²) in [4.78, 5) is 29.0. The molecule has 2 aromatic carbocycles. The van der Waals surface area contributed by atoms with Crippen molar-refractivity contribution in [3.63, 3.8) is 0 Å². The molecule has 0 aliphatic heterocycles. The summed E-state index contributed by atoms with van der Waals surface area (Å²) in [6, 6.07) is 16.9. The highest BCUT2D eigenvalue weighted by Crippen LogP contribution is 2.16. The number of nitrogens with zero attached hydrogens (tertiary/aromatic N) is 2. The van der Waals surface area contributed by atoms with Crippen molar-refractivity contribution in [2.75, 3.05) is 13.1 Å². The van der Waals surface area contributed by atoms with Crippen LogP contribution in [-0.2, 0) is 17.8 Å². The molecule has 27 heavy (non-hydrogen) atoms. The van der Waals surface area contributed by atoms with Crippen molar-refractivity contribution in [3.8, 4) is 0 Å². The normalized spacial score (nSPS) is 10.7. The highest BCUT2D eigenvalue weighted by atomic mass is 16.2. The maximum absolute atomic E-state index is 12.2. The van der Waals surface area contributed by atoms with Gasteiger partial charge in [-0.25, -0.2) is 4.98 Å². The van der Waals surface area contributed by atoms with Crippen LogP contribution in [0.5, 0.6) is 0 Å². The molecule has 3 rings (SSSR count). The number of rotatable bonds is 8. The minimum atomic E-state index is -0.112. The number of aromatic nitrogens is 2. The van der Waals surface area contributed by atoms with Crippen molar-refractivity contribution in [1.29, 1.82) is 0 Å². The molecule has 6 heteroatoms. The van der Waals surface area contributed by atoms with E-state index in [-0.39, 0.29) is 18.4 Å². The second-order valence-electron chi connectivity index (χ2n) is 6.32. The molecule has 0 aliphatic carbocycles. The third kappa shape index (κ3) is 4.73. The number of carbonyl (C=O) groups excluding carboxylic acids is 2. The van der Waals surface area contributed by atoms with Crippen molar-refractivity contribution in [2.24, 2.45) is 0 Å². The van der Waals surface area contributed by atoms with Gasteiger partial charge in [0.15, 0.2) is 0 Å². The van der Waals surface area contributed by atoms with Crippen molar-refractivity contribution >= 4 is 22.8 Å². The van der Waals surface area contributed by atoms with Gasteiger partial charge in [0.1, 0.15) is 12.4 Å². The lowest BCUT2D eigenvalue weighted by molar-refractivity contribution is -0.121. The van der Waals surface area contributed by atoms with Crippen LogP contribution in [0.25, 0.3) is 11.0 Å². The number of hydrogen-bond acceptors (Lipinski definition) is 3. The van der Waals surface area contributed by atoms with E-state index in [0.29, 0.717) is 25.1 Å². The summed E-state index contributed by atoms with van der Waals surface area (Å²) in [5.74, 6) is 0.643. The number of imidazole rings is 1. The van der Waals surface area contributed by atoms with Gasteiger partial charge in [-0.15, -0.1) is 0 Å². The molecule has 0 fully saturated rings. The van der Waals surface area contributed by atoms with Gasteiger partial charge in [0, 0.05) is 25.1 Å². The lowest BCUT2D eigenvalue weighted by atomic mass is 10.2. The predicted molar refractivity (Wildman–Crippen MR) is 106 cm³/mol. The number of nitrogens with one attached hydrogen (secondary N) is 2. The van der Waals surface area contributed by atoms with E-state index in [0.717, 1.165) is 23.3 Å². The Kier molecular flexibility index (Phi) is 6.20. The van der Waals surface area contributed by atoms with E-state index < -0.39 is 0 Å². The molecule has 0 saturated carbocycles. The van der Waals surface area contributed by atoms with Gasteiger partial charge >= 0.3 is 0 Å². The summed E-state index contributed by atoms with van der Waals surface area (Å²) in [6.07, 6.45) is 1.45. The van der Waals surface area contributed by atoms with Crippen LogP contribution in [0, 0.1) is 0 Å². The zero-order valence-electron chi connectivity index (χ0n) is 15.4. The number of fused-ring (bicyclic) bond motifs is 1. The Hall–Kier alpha value is -3.15. The molecule has 0 atom stereocenters. The smallest absolute Gasteiger partial charge is 0.251 e. The van der Waals surface area contributed by atoms with E-state index in [1.165, 1.54) is 0 Å². The summed E-state index contributed by atoms with van der Waals surface area (Å²) in [7, 11) is 0. The Balaban J connectivity index is 1.70. The van der Waals surface area contributed by atoms with Crippen LogP contribution >= 0.6 is 0 Å². The van der Waals surface area contributed by atoms with E-state index in [9.17, 15) is 9.59 Å². The summed E-state index contributed by atoms with van der Waals surface area (Å²) < 4.78 is 1.93. The predicted octanol–water partition coefficient (Wildman–Crippen LogP) is 2.53. The Morgan fingerprint density at radius 2 is 1.70 bits per heavy atom. The molecule has 0 spiro atoms. The molecule has 6 nitrogen and oxygen atoms in total. The van der Waals surface area contributed by atoms with Gasteiger partial charge in [0.05, 0.1) is 11.0 Å². The number of benzene rings is 2. The van der Waals surface area contributed by atoms with E-state index in [1.807, 2.05) is 54.0 Å². The van der Waals surface area contributed by atoms with Gasteiger partial charge < -0.3 is 15.2 Å². The molecule has 2 amide bonds. The minimum absolute atomic E-state index is 0.0328. The maximum Gasteiger partial charge on any atom is 0.251 e. The molecule has 0 saturated heterocycles. The number of para-hydroxylation sites is 2. The molecule has 2 N–H and O–H groups in total. The fourth-order valence-corrected chi connectivity index (χ4v) is 2.94. The molecule has 0 unspecified atom stereocenters. The lowest BCUT2D eigenvalue weighted by Gasteiger charge is -2.10. The van der Waals surface area contributed by atoms with Crippen LogP contribution in [-0.4, -0.2) is 34.5 Å². The number of carbonyl (C=O) groups is 2. The summed E-state index contributed by atoms with van der Waals surface area (Å²) in [6.45, 7) is 3.36. The topological polar surface area (TPSA) is 76.0 Å². The Morgan fingerprint density at radius 3 is 2.48 bits per heavy atom. The van der Waals surface area contributed by atoms with Gasteiger partial charge in [-0.3, -0.25) is 9.59 Å². The summed E-state index contributed by atoms with van der Waals surface area (Å²) in [5, 5.41) is 5.81. The zero-order valence-corrected chi connectivity index (χ0v) is 15.4. The third-order valence-electron chi connectivity index (χ3n) is 4.28. The SMILES string of the molecule is CCCNC(=O)Cn1c(CCNC(=O)c2ccccc2)nc2ccccc21. The Bertz CT molecular complexity index is 918. The summed E-state index contributed by atoms with van der Waals surface area (Å²) >= 11 is 0. The molecule has 1 heterocycles. The first kappa shape index (κ1) is 18.6. The highest BCUT2D eigenvalue weighted by molar-refractivity contribution is 5.94. The highest BCUT2D eigenvalue weighted by Gasteiger charge is 2.13. The zero-order chi connectivity index (χ0) is 19.1. The lowest BCUT2D eigenvalue weighted by Crippen LogP contribution is -2.30. The van der Waals surface area contributed by atoms with Crippen LogP contribution in [0.1, 0.15) is 29.5 Å². The summed E-state index contributed by atoms with van der Waals surface area (Å²) in [5.41, 5.74) is 2.41. The maximum atomic E-state index is 12.2. The standard InChI is InChI=1S/C21H24N4O2/c1-2-13-22-20(26)15-25-18-11-7-6-10-17(18)24-19(25)12-14-23-21(27)16-8-4-3-5-9-16/h3-11H,2,12-15H2,1H3,(H,22,26)(H,23,27). The van der Waals surface area contributed by atoms with E-state index in [4.69, 9.17) is 0 Å². The van der Waals surface area contributed by atoms with Crippen molar-refractivity contribution < 1.29 is 9.59 Å². The van der Waals surface area contributed by atoms with Crippen molar-refractivity contribution in [2.45, 2.75) is 26.3 Å². The average Bonchev–Trinajstić information content (AvgIpc) is 3.04. The molecule has 1 aromatic heterocycles. The van der Waals surface area contributed by atoms with Gasteiger partial charge in [-0.2, -0.15) is 0 Å². The second kappa shape index (κ2) is 8.98. The monoisotopic (exact) mass is 364 g/mol. The van der Waals surface area contributed by atoms with E-state index in [1.54, 1.807) is 12.1 Å². The molecule has 0 bridgehead atoms. The van der Waals surface area contributed by atoms with Gasteiger partial charge in [-0.1, -0.05) is 37.3 Å². The fraction of sp³-hybridized carbons (Fsp3) is 0.286. The first-order valence-electron chi connectivity index (χ1n) is 9.23. The average molecular weight is 364 g/mol. The first-order valence-corrected chi connectivity index (χ1v) is 9.23. The van der Waals surface area contributed by atoms with Gasteiger partial charge in [0.25, 0.3) is 5.91 Å². The molecule has 0 radical (unpaired) electrons. The van der Waals surface area contributed by atoms with Crippen LogP contribution < -0.4 is 10.6 Å². The Labute approximate surface area is 158 Å². The van der Waals surface area contributed by atoms with E-state index >= 15 is 0 Å². The molecule has 0 aliphatic rings. The Morgan fingerprint density at radius 1 is 0.963 bits per heavy atom. The fourth-order valence-electron chi connectivity index (χ4n) is 2.94. The largest absolute Gasteiger partial charge is 0.355 e. The molecule has 3 aromatic rings. The minimum Gasteiger partial charge on any atom is -0.355 e. The second-order valence-corrected chi connectivity index (χ2v) is 6.32. The molecule has 140 valence electrons. The van der Waals surface area contributed by atoms with Crippen LogP contribution in [0.3, 0.4) is 0 Å². The first-order chi connectivity index (χ1) is 13.2.